The first-order valence-electron chi connectivity index (χ1n) is 10.7. The number of benzene rings is 2. The van der Waals surface area contributed by atoms with Gasteiger partial charge in [0.15, 0.2) is 0 Å². The van der Waals surface area contributed by atoms with Crippen LogP contribution in [0.2, 0.25) is 0 Å². The molecule has 2 amide bonds. The minimum Gasteiger partial charge on any atom is -0.488 e. The number of hydrogen-bond acceptors (Lipinski definition) is 4. The summed E-state index contributed by atoms with van der Waals surface area (Å²) in [7, 11) is 1.68. The predicted octanol–water partition coefficient (Wildman–Crippen LogP) is 2.57. The Morgan fingerprint density at radius 2 is 1.81 bits per heavy atom. The summed E-state index contributed by atoms with van der Waals surface area (Å²) < 4.78 is 5.68. The molecular formula is C25H29N3O3. The number of hydrogen-bond donors (Lipinski definition) is 0. The molecule has 2 heterocycles. The molecular weight excluding hydrogens is 390 g/mol. The van der Waals surface area contributed by atoms with Crippen molar-refractivity contribution < 1.29 is 14.3 Å². The molecule has 0 spiro atoms. The Bertz CT molecular complexity index is 993. The second kappa shape index (κ2) is 9.35. The third-order valence-corrected chi connectivity index (χ3v) is 5.84. The van der Waals surface area contributed by atoms with E-state index in [1.54, 1.807) is 7.05 Å². The highest BCUT2D eigenvalue weighted by atomic mass is 16.5. The number of ether oxygens (including phenoxy) is 1. The van der Waals surface area contributed by atoms with Crippen molar-refractivity contribution in [1.82, 2.24) is 14.7 Å². The highest BCUT2D eigenvalue weighted by Crippen LogP contribution is 2.26. The monoisotopic (exact) mass is 419 g/mol. The zero-order chi connectivity index (χ0) is 21.8. The first kappa shape index (κ1) is 21.1. The maximum absolute atomic E-state index is 12.8. The topological polar surface area (TPSA) is 53.1 Å². The molecule has 6 heteroatoms. The second-order valence-electron chi connectivity index (χ2n) is 8.30. The van der Waals surface area contributed by atoms with Gasteiger partial charge in [-0.2, -0.15) is 0 Å². The summed E-state index contributed by atoms with van der Waals surface area (Å²) in [5, 5.41) is 0. The van der Waals surface area contributed by atoms with Crippen LogP contribution in [-0.4, -0.2) is 72.9 Å². The van der Waals surface area contributed by atoms with Crippen LogP contribution in [0.4, 0.5) is 0 Å². The van der Waals surface area contributed by atoms with E-state index in [0.29, 0.717) is 18.7 Å². The van der Waals surface area contributed by atoms with Gasteiger partial charge in [-0.25, -0.2) is 0 Å². The molecule has 0 radical (unpaired) electrons. The quantitative estimate of drug-likeness (QED) is 0.748. The standard InChI is InChI=1S/C25H29N3O3/c1-19-6-5-7-20(14-19)16-27-10-12-28(13-11-27)24(29)17-26(2)25(30)22-15-21-8-3-4-9-23(21)31-18-22/h3-9,14-15H,10-13,16-18H2,1-2H3. The molecule has 0 N–H and O–H groups in total. The number of nitrogens with zero attached hydrogens (tertiary/aromatic N) is 3. The van der Waals surface area contributed by atoms with Crippen LogP contribution in [0.1, 0.15) is 16.7 Å². The fourth-order valence-electron chi connectivity index (χ4n) is 4.08. The molecule has 0 atom stereocenters. The number of fused-ring (bicyclic) bond motifs is 1. The molecule has 1 saturated heterocycles. The summed E-state index contributed by atoms with van der Waals surface area (Å²) in [4.78, 5) is 31.3. The van der Waals surface area contributed by atoms with Crippen molar-refractivity contribution in [1.29, 1.82) is 0 Å². The maximum Gasteiger partial charge on any atom is 0.253 e. The van der Waals surface area contributed by atoms with Gasteiger partial charge in [0.05, 0.1) is 12.1 Å². The van der Waals surface area contributed by atoms with Crippen LogP contribution in [-0.2, 0) is 16.1 Å². The van der Waals surface area contributed by atoms with Gasteiger partial charge in [-0.1, -0.05) is 48.0 Å². The van der Waals surface area contributed by atoms with Crippen molar-refractivity contribution in [2.24, 2.45) is 0 Å². The molecule has 2 aromatic carbocycles. The zero-order valence-corrected chi connectivity index (χ0v) is 18.2. The molecule has 4 rings (SSSR count). The third-order valence-electron chi connectivity index (χ3n) is 5.84. The van der Waals surface area contributed by atoms with Gasteiger partial charge >= 0.3 is 0 Å². The molecule has 0 saturated carbocycles. The zero-order valence-electron chi connectivity index (χ0n) is 18.2. The number of para-hydroxylation sites is 1. The number of rotatable bonds is 5. The molecule has 162 valence electrons. The largest absolute Gasteiger partial charge is 0.488 e. The van der Waals surface area contributed by atoms with Crippen molar-refractivity contribution in [2.75, 3.05) is 46.4 Å². The Balaban J connectivity index is 1.28. The first-order chi connectivity index (χ1) is 15.0. The molecule has 0 unspecified atom stereocenters. The van der Waals surface area contributed by atoms with E-state index in [0.717, 1.165) is 30.9 Å². The smallest absolute Gasteiger partial charge is 0.253 e. The van der Waals surface area contributed by atoms with Gasteiger partial charge < -0.3 is 14.5 Å². The van der Waals surface area contributed by atoms with Gasteiger partial charge in [0.2, 0.25) is 5.91 Å². The summed E-state index contributed by atoms with van der Waals surface area (Å²) in [6, 6.07) is 16.2. The van der Waals surface area contributed by atoms with E-state index in [2.05, 4.69) is 36.1 Å². The third kappa shape index (κ3) is 5.14. The lowest BCUT2D eigenvalue weighted by Gasteiger charge is -2.35. The lowest BCUT2D eigenvalue weighted by Crippen LogP contribution is -2.51. The van der Waals surface area contributed by atoms with Crippen LogP contribution in [0, 0.1) is 6.92 Å². The van der Waals surface area contributed by atoms with Crippen LogP contribution in [0.15, 0.2) is 54.1 Å². The van der Waals surface area contributed by atoms with E-state index in [9.17, 15) is 9.59 Å². The van der Waals surface area contributed by atoms with E-state index in [1.165, 1.54) is 16.0 Å². The van der Waals surface area contributed by atoms with E-state index in [4.69, 9.17) is 4.74 Å². The average molecular weight is 420 g/mol. The van der Waals surface area contributed by atoms with Crippen LogP contribution in [0.25, 0.3) is 6.08 Å². The molecule has 0 aromatic heterocycles. The van der Waals surface area contributed by atoms with E-state index in [1.807, 2.05) is 35.2 Å². The Morgan fingerprint density at radius 3 is 2.58 bits per heavy atom. The van der Waals surface area contributed by atoms with Crippen molar-refractivity contribution >= 4 is 17.9 Å². The second-order valence-corrected chi connectivity index (χ2v) is 8.30. The van der Waals surface area contributed by atoms with Gasteiger partial charge in [-0.15, -0.1) is 0 Å². The van der Waals surface area contributed by atoms with Gasteiger partial charge in [-0.3, -0.25) is 14.5 Å². The number of aryl methyl sites for hydroxylation is 1. The SMILES string of the molecule is Cc1cccc(CN2CCN(C(=O)CN(C)C(=O)C3=Cc4ccccc4OC3)CC2)c1. The van der Waals surface area contributed by atoms with Gasteiger partial charge in [0.1, 0.15) is 12.4 Å². The molecule has 2 aromatic rings. The lowest BCUT2D eigenvalue weighted by atomic mass is 10.1. The van der Waals surface area contributed by atoms with Crippen LogP contribution in [0.3, 0.4) is 0 Å². The van der Waals surface area contributed by atoms with Crippen LogP contribution in [0.5, 0.6) is 5.75 Å². The van der Waals surface area contributed by atoms with E-state index < -0.39 is 0 Å². The van der Waals surface area contributed by atoms with Crippen LogP contribution >= 0.6 is 0 Å². The van der Waals surface area contributed by atoms with Crippen molar-refractivity contribution in [2.45, 2.75) is 13.5 Å². The summed E-state index contributed by atoms with van der Waals surface area (Å²) in [5.74, 6) is 0.603. The van der Waals surface area contributed by atoms with E-state index >= 15 is 0 Å². The number of piperazine rings is 1. The Morgan fingerprint density at radius 1 is 1.03 bits per heavy atom. The summed E-state index contributed by atoms with van der Waals surface area (Å²) >= 11 is 0. The number of amides is 2. The van der Waals surface area contributed by atoms with E-state index in [-0.39, 0.29) is 25.0 Å². The average Bonchev–Trinajstić information content (AvgIpc) is 2.78. The Labute approximate surface area is 183 Å². The molecule has 6 nitrogen and oxygen atoms in total. The van der Waals surface area contributed by atoms with Crippen molar-refractivity contribution in [3.8, 4) is 5.75 Å². The Kier molecular flexibility index (Phi) is 6.37. The summed E-state index contributed by atoms with van der Waals surface area (Å²) in [6.07, 6.45) is 1.85. The summed E-state index contributed by atoms with van der Waals surface area (Å²) in [5.41, 5.74) is 4.02. The highest BCUT2D eigenvalue weighted by molar-refractivity contribution is 6.00. The lowest BCUT2D eigenvalue weighted by molar-refractivity contribution is -0.139. The van der Waals surface area contributed by atoms with Gasteiger partial charge in [0, 0.05) is 45.3 Å². The fraction of sp³-hybridized carbons (Fsp3) is 0.360. The molecule has 2 aliphatic heterocycles. The number of carbonyl (C=O) groups is 2. The maximum atomic E-state index is 12.8. The minimum absolute atomic E-state index is 0.0104. The predicted molar refractivity (Wildman–Crippen MR) is 121 cm³/mol. The normalized spacial score (nSPS) is 16.2. The molecule has 2 aliphatic rings. The minimum atomic E-state index is -0.166. The summed E-state index contributed by atoms with van der Waals surface area (Å²) in [6.45, 7) is 6.36. The first-order valence-corrected chi connectivity index (χ1v) is 10.7. The van der Waals surface area contributed by atoms with Crippen molar-refractivity contribution in [3.05, 3.63) is 70.8 Å². The highest BCUT2D eigenvalue weighted by Gasteiger charge is 2.25. The Hall–Kier alpha value is -3.12. The number of likely N-dealkylation sites (N-methyl/N-ethyl adjacent to an activating group) is 1. The molecule has 31 heavy (non-hydrogen) atoms. The molecule has 0 aliphatic carbocycles. The van der Waals surface area contributed by atoms with Crippen LogP contribution < -0.4 is 4.74 Å². The van der Waals surface area contributed by atoms with Gasteiger partial charge in [0.25, 0.3) is 5.91 Å². The molecule has 1 fully saturated rings. The van der Waals surface area contributed by atoms with Crippen molar-refractivity contribution in [3.63, 3.8) is 0 Å². The molecule has 0 bridgehead atoms. The number of carbonyl (C=O) groups excluding carboxylic acids is 2. The van der Waals surface area contributed by atoms with Gasteiger partial charge in [-0.05, 0) is 24.6 Å². The fourth-order valence-corrected chi connectivity index (χ4v) is 4.08.